The number of urea groups is 1. The topological polar surface area (TPSA) is 74.7 Å². The van der Waals surface area contributed by atoms with E-state index >= 15 is 0 Å². The van der Waals surface area contributed by atoms with Gasteiger partial charge in [-0.2, -0.15) is 0 Å². The molecule has 7 heteroatoms. The summed E-state index contributed by atoms with van der Waals surface area (Å²) in [4.78, 5) is 17.8. The number of methoxy groups -OCH3 is 1. The molecule has 0 aliphatic carbocycles. The SMILES string of the molecule is COc1ccccc1CN(CCO)C(=O)Nc1nccs1. The Morgan fingerprint density at radius 1 is 1.48 bits per heavy atom. The number of carbonyl (C=O) groups excluding carboxylic acids is 1. The highest BCUT2D eigenvalue weighted by molar-refractivity contribution is 7.13. The number of aliphatic hydroxyl groups excluding tert-OH is 1. The number of hydrogen-bond acceptors (Lipinski definition) is 5. The summed E-state index contributed by atoms with van der Waals surface area (Å²) in [5.74, 6) is 0.711. The maximum Gasteiger partial charge on any atom is 0.324 e. The van der Waals surface area contributed by atoms with Crippen molar-refractivity contribution in [3.8, 4) is 5.75 Å². The van der Waals surface area contributed by atoms with E-state index in [1.807, 2.05) is 24.3 Å². The predicted octanol–water partition coefficient (Wildman–Crippen LogP) is 2.18. The zero-order valence-electron chi connectivity index (χ0n) is 11.7. The van der Waals surface area contributed by atoms with Gasteiger partial charge in [0, 0.05) is 23.7 Å². The molecule has 0 radical (unpaired) electrons. The van der Waals surface area contributed by atoms with E-state index in [1.165, 1.54) is 16.2 Å². The van der Waals surface area contributed by atoms with Crippen LogP contribution in [-0.2, 0) is 6.54 Å². The fourth-order valence-corrected chi connectivity index (χ4v) is 2.39. The second kappa shape index (κ2) is 7.61. The van der Waals surface area contributed by atoms with Crippen LogP contribution in [0.3, 0.4) is 0 Å². The van der Waals surface area contributed by atoms with E-state index in [9.17, 15) is 4.79 Å². The second-order valence-electron chi connectivity index (χ2n) is 4.22. The van der Waals surface area contributed by atoms with E-state index < -0.39 is 0 Å². The number of ether oxygens (including phenoxy) is 1. The molecule has 0 bridgehead atoms. The lowest BCUT2D eigenvalue weighted by molar-refractivity contribution is 0.184. The van der Waals surface area contributed by atoms with Crippen molar-refractivity contribution >= 4 is 22.5 Å². The Labute approximate surface area is 127 Å². The van der Waals surface area contributed by atoms with E-state index in [-0.39, 0.29) is 19.2 Å². The van der Waals surface area contributed by atoms with Crippen molar-refractivity contribution in [3.63, 3.8) is 0 Å². The normalized spacial score (nSPS) is 10.2. The molecule has 2 N–H and O–H groups in total. The first-order valence-electron chi connectivity index (χ1n) is 6.42. The number of nitrogens with one attached hydrogen (secondary N) is 1. The van der Waals surface area contributed by atoms with Crippen LogP contribution in [0.25, 0.3) is 0 Å². The summed E-state index contributed by atoms with van der Waals surface area (Å²) in [5, 5.41) is 14.2. The van der Waals surface area contributed by atoms with Gasteiger partial charge in [-0.1, -0.05) is 18.2 Å². The average molecular weight is 307 g/mol. The number of aliphatic hydroxyl groups is 1. The molecule has 0 saturated carbocycles. The molecule has 112 valence electrons. The maximum absolute atomic E-state index is 12.2. The molecule has 0 fully saturated rings. The minimum atomic E-state index is -0.301. The Hall–Kier alpha value is -2.12. The standard InChI is InChI=1S/C14H17N3O3S/c1-20-12-5-3-2-4-11(12)10-17(7-8-18)14(19)16-13-15-6-9-21-13/h2-6,9,18H,7-8,10H2,1H3,(H,15,16,19). The number of amides is 2. The molecule has 2 aromatic rings. The van der Waals surface area contributed by atoms with Crippen LogP contribution in [0, 0.1) is 0 Å². The number of thiazole rings is 1. The number of anilines is 1. The highest BCUT2D eigenvalue weighted by Crippen LogP contribution is 2.20. The lowest BCUT2D eigenvalue weighted by atomic mass is 10.2. The lowest BCUT2D eigenvalue weighted by Crippen LogP contribution is -2.36. The van der Waals surface area contributed by atoms with Crippen molar-refractivity contribution in [1.29, 1.82) is 0 Å². The Bertz CT molecular complexity index is 575. The molecule has 0 aliphatic rings. The number of carbonyl (C=O) groups is 1. The number of rotatable bonds is 6. The van der Waals surface area contributed by atoms with Crippen molar-refractivity contribution in [2.45, 2.75) is 6.54 Å². The average Bonchev–Trinajstić information content (AvgIpc) is 3.00. The first kappa shape index (κ1) is 15.3. The van der Waals surface area contributed by atoms with E-state index in [0.717, 1.165) is 5.56 Å². The number of nitrogens with zero attached hydrogens (tertiary/aromatic N) is 2. The number of benzene rings is 1. The molecular formula is C14H17N3O3S. The van der Waals surface area contributed by atoms with Crippen molar-refractivity contribution in [2.75, 3.05) is 25.6 Å². The third-order valence-corrected chi connectivity index (χ3v) is 3.55. The summed E-state index contributed by atoms with van der Waals surface area (Å²) in [5.41, 5.74) is 0.878. The molecule has 6 nitrogen and oxygen atoms in total. The van der Waals surface area contributed by atoms with Crippen LogP contribution in [0.2, 0.25) is 0 Å². The first-order chi connectivity index (χ1) is 10.2. The molecule has 21 heavy (non-hydrogen) atoms. The molecule has 1 heterocycles. The van der Waals surface area contributed by atoms with Gasteiger partial charge in [0.15, 0.2) is 5.13 Å². The van der Waals surface area contributed by atoms with Gasteiger partial charge >= 0.3 is 6.03 Å². The predicted molar refractivity (Wildman–Crippen MR) is 81.6 cm³/mol. The van der Waals surface area contributed by atoms with Gasteiger partial charge in [0.2, 0.25) is 0 Å². The second-order valence-corrected chi connectivity index (χ2v) is 5.12. The van der Waals surface area contributed by atoms with Crippen LogP contribution in [0.1, 0.15) is 5.56 Å². The molecule has 0 atom stereocenters. The quantitative estimate of drug-likeness (QED) is 0.858. The van der Waals surface area contributed by atoms with E-state index in [2.05, 4.69) is 10.3 Å². The number of hydrogen-bond donors (Lipinski definition) is 2. The molecule has 1 aromatic heterocycles. The third-order valence-electron chi connectivity index (χ3n) is 2.86. The maximum atomic E-state index is 12.2. The van der Waals surface area contributed by atoms with Gasteiger partial charge in [0.05, 0.1) is 20.3 Å². The molecule has 2 amide bonds. The van der Waals surface area contributed by atoms with Crippen molar-refractivity contribution < 1.29 is 14.6 Å². The summed E-state index contributed by atoms with van der Waals surface area (Å²) in [6, 6.07) is 7.18. The molecule has 0 aliphatic heterocycles. The van der Waals surface area contributed by atoms with Crippen molar-refractivity contribution in [1.82, 2.24) is 9.88 Å². The minimum Gasteiger partial charge on any atom is -0.496 e. The summed E-state index contributed by atoms with van der Waals surface area (Å²) in [7, 11) is 1.59. The van der Waals surface area contributed by atoms with Gasteiger partial charge in [-0.25, -0.2) is 9.78 Å². The van der Waals surface area contributed by atoms with Gasteiger partial charge in [-0.3, -0.25) is 5.32 Å². The zero-order valence-corrected chi connectivity index (χ0v) is 12.5. The van der Waals surface area contributed by atoms with Crippen molar-refractivity contribution in [3.05, 3.63) is 41.4 Å². The van der Waals surface area contributed by atoms with Crippen LogP contribution in [0.15, 0.2) is 35.8 Å². The number of para-hydroxylation sites is 1. The molecule has 1 aromatic carbocycles. The molecule has 2 rings (SSSR count). The van der Waals surface area contributed by atoms with Crippen LogP contribution in [-0.4, -0.2) is 41.3 Å². The number of aromatic nitrogens is 1. The van der Waals surface area contributed by atoms with Crippen LogP contribution in [0.4, 0.5) is 9.93 Å². The van der Waals surface area contributed by atoms with E-state index in [1.54, 1.807) is 18.7 Å². The Morgan fingerprint density at radius 2 is 2.29 bits per heavy atom. The largest absolute Gasteiger partial charge is 0.496 e. The fourth-order valence-electron chi connectivity index (χ4n) is 1.87. The smallest absolute Gasteiger partial charge is 0.324 e. The highest BCUT2D eigenvalue weighted by Gasteiger charge is 2.16. The molecule has 0 spiro atoms. The van der Waals surface area contributed by atoms with Gasteiger partial charge < -0.3 is 14.7 Å². The first-order valence-corrected chi connectivity index (χ1v) is 7.30. The van der Waals surface area contributed by atoms with Crippen LogP contribution < -0.4 is 10.1 Å². The molecule has 0 unspecified atom stereocenters. The molecular weight excluding hydrogens is 290 g/mol. The highest BCUT2D eigenvalue weighted by atomic mass is 32.1. The molecule has 0 saturated heterocycles. The van der Waals surface area contributed by atoms with Gasteiger partial charge in [0.1, 0.15) is 5.75 Å². The van der Waals surface area contributed by atoms with Gasteiger partial charge in [-0.05, 0) is 6.07 Å². The summed E-state index contributed by atoms with van der Waals surface area (Å²) < 4.78 is 5.28. The third kappa shape index (κ3) is 4.17. The summed E-state index contributed by atoms with van der Waals surface area (Å²) >= 11 is 1.34. The Balaban J connectivity index is 2.09. The van der Waals surface area contributed by atoms with Gasteiger partial charge in [0.25, 0.3) is 0 Å². The van der Waals surface area contributed by atoms with E-state index in [4.69, 9.17) is 9.84 Å². The van der Waals surface area contributed by atoms with E-state index in [0.29, 0.717) is 17.4 Å². The van der Waals surface area contributed by atoms with Crippen LogP contribution >= 0.6 is 11.3 Å². The van der Waals surface area contributed by atoms with Crippen molar-refractivity contribution in [2.24, 2.45) is 0 Å². The summed E-state index contributed by atoms with van der Waals surface area (Å²) in [6.45, 7) is 0.470. The van der Waals surface area contributed by atoms with Gasteiger partial charge in [-0.15, -0.1) is 11.3 Å². The van der Waals surface area contributed by atoms with Crippen LogP contribution in [0.5, 0.6) is 5.75 Å². The Kier molecular flexibility index (Phi) is 5.53. The summed E-state index contributed by atoms with van der Waals surface area (Å²) in [6.07, 6.45) is 1.62. The monoisotopic (exact) mass is 307 g/mol. The zero-order chi connectivity index (χ0) is 15.1. The minimum absolute atomic E-state index is 0.111. The Morgan fingerprint density at radius 3 is 2.95 bits per heavy atom. The fraction of sp³-hybridized carbons (Fsp3) is 0.286. The lowest BCUT2D eigenvalue weighted by Gasteiger charge is -2.22.